The van der Waals surface area contributed by atoms with Gasteiger partial charge in [0.2, 0.25) is 5.88 Å². The normalized spacial score (nSPS) is 10.7. The van der Waals surface area contributed by atoms with Crippen molar-refractivity contribution < 1.29 is 9.53 Å². The first-order valence-corrected chi connectivity index (χ1v) is 9.21. The van der Waals surface area contributed by atoms with Crippen LogP contribution < -0.4 is 10.1 Å². The van der Waals surface area contributed by atoms with Crippen molar-refractivity contribution in [2.45, 2.75) is 4.90 Å². The van der Waals surface area contributed by atoms with E-state index in [9.17, 15) is 4.79 Å². The molecule has 3 rings (SSSR count). The maximum Gasteiger partial charge on any atom is 0.262 e. The number of nitrogens with zero attached hydrogens (tertiary/aromatic N) is 2. The van der Waals surface area contributed by atoms with Crippen LogP contribution in [0.25, 0.3) is 10.9 Å². The quantitative estimate of drug-likeness (QED) is 0.637. The van der Waals surface area contributed by atoms with E-state index in [-0.39, 0.29) is 18.4 Å². The van der Waals surface area contributed by atoms with E-state index in [0.29, 0.717) is 26.6 Å². The summed E-state index contributed by atoms with van der Waals surface area (Å²) in [4.78, 5) is 21.4. The Bertz CT molecular complexity index is 937. The molecule has 128 valence electrons. The van der Waals surface area contributed by atoms with E-state index in [1.54, 1.807) is 23.9 Å². The Hall–Kier alpha value is -2.02. The van der Waals surface area contributed by atoms with Gasteiger partial charge in [0.05, 0.1) is 15.9 Å². The van der Waals surface area contributed by atoms with Crippen molar-refractivity contribution in [3.05, 3.63) is 52.8 Å². The monoisotopic (exact) mass is 393 g/mol. The van der Waals surface area contributed by atoms with E-state index in [0.717, 1.165) is 4.90 Å². The minimum atomic E-state index is -0.293. The van der Waals surface area contributed by atoms with Crippen molar-refractivity contribution in [3.63, 3.8) is 0 Å². The van der Waals surface area contributed by atoms with Crippen LogP contribution in [0.5, 0.6) is 5.88 Å². The van der Waals surface area contributed by atoms with Crippen molar-refractivity contribution in [2.24, 2.45) is 0 Å². The number of amides is 1. The number of hydrogen-bond donors (Lipinski definition) is 1. The molecule has 0 aliphatic heterocycles. The second-order valence-electron chi connectivity index (χ2n) is 5.03. The van der Waals surface area contributed by atoms with Gasteiger partial charge in [0.15, 0.2) is 6.61 Å². The maximum atomic E-state index is 12.1. The Morgan fingerprint density at radius 3 is 2.88 bits per heavy atom. The fraction of sp³-hybridized carbons (Fsp3) is 0.118. The summed E-state index contributed by atoms with van der Waals surface area (Å²) in [5, 5.41) is 4.17. The van der Waals surface area contributed by atoms with Crippen LogP contribution in [0.4, 0.5) is 5.69 Å². The summed E-state index contributed by atoms with van der Waals surface area (Å²) in [6.07, 6.45) is 3.30. The molecule has 1 N–H and O–H groups in total. The molecule has 0 bridgehead atoms. The molecule has 1 aromatic heterocycles. The highest BCUT2D eigenvalue weighted by Gasteiger charge is 2.11. The number of carbonyl (C=O) groups is 1. The molecule has 2 aromatic carbocycles. The lowest BCUT2D eigenvalue weighted by atomic mass is 10.2. The zero-order chi connectivity index (χ0) is 17.8. The number of anilines is 1. The number of aromatic nitrogens is 2. The van der Waals surface area contributed by atoms with Crippen molar-refractivity contribution in [1.29, 1.82) is 0 Å². The minimum absolute atomic E-state index is 0.195. The molecule has 0 saturated heterocycles. The van der Waals surface area contributed by atoms with Gasteiger partial charge >= 0.3 is 0 Å². The first kappa shape index (κ1) is 17.8. The Morgan fingerprint density at radius 1 is 1.24 bits per heavy atom. The summed E-state index contributed by atoms with van der Waals surface area (Å²) in [5.74, 6) is -0.0412. The highest BCUT2D eigenvalue weighted by atomic mass is 35.5. The van der Waals surface area contributed by atoms with Crippen molar-refractivity contribution in [1.82, 2.24) is 9.97 Å². The number of ether oxygens (including phenoxy) is 1. The average molecular weight is 394 g/mol. The number of fused-ring (bicyclic) bond motifs is 1. The van der Waals surface area contributed by atoms with E-state index in [1.165, 1.54) is 6.33 Å². The van der Waals surface area contributed by atoms with Gasteiger partial charge in [0.25, 0.3) is 5.91 Å². The largest absolute Gasteiger partial charge is 0.467 e. The molecule has 0 aliphatic rings. The molecule has 0 fully saturated rings. The third-order valence-electron chi connectivity index (χ3n) is 3.31. The SMILES string of the molecule is CSc1cccc(NC(=O)COc2ncnc3c(Cl)cc(Cl)cc23)c1. The lowest BCUT2D eigenvalue weighted by molar-refractivity contribution is -0.118. The highest BCUT2D eigenvalue weighted by Crippen LogP contribution is 2.30. The van der Waals surface area contributed by atoms with Crippen LogP contribution in [0.15, 0.2) is 47.6 Å². The molecular weight excluding hydrogens is 381 g/mol. The summed E-state index contributed by atoms with van der Waals surface area (Å²) < 4.78 is 5.53. The summed E-state index contributed by atoms with van der Waals surface area (Å²) in [7, 11) is 0. The number of nitrogens with one attached hydrogen (secondary N) is 1. The number of thioether (sulfide) groups is 1. The summed E-state index contributed by atoms with van der Waals surface area (Å²) in [5.41, 5.74) is 1.23. The predicted octanol–water partition coefficient (Wildman–Crippen LogP) is 4.68. The van der Waals surface area contributed by atoms with Gasteiger partial charge in [0, 0.05) is 15.6 Å². The van der Waals surface area contributed by atoms with E-state index in [4.69, 9.17) is 27.9 Å². The van der Waals surface area contributed by atoms with E-state index >= 15 is 0 Å². The van der Waals surface area contributed by atoms with E-state index in [2.05, 4.69) is 15.3 Å². The molecule has 3 aromatic rings. The van der Waals surface area contributed by atoms with Crippen LogP contribution in [0.2, 0.25) is 10.0 Å². The lowest BCUT2D eigenvalue weighted by Gasteiger charge is -2.10. The second-order valence-corrected chi connectivity index (χ2v) is 6.75. The summed E-state index contributed by atoms with van der Waals surface area (Å²) in [6, 6.07) is 10.8. The van der Waals surface area contributed by atoms with Gasteiger partial charge in [-0.2, -0.15) is 0 Å². The molecule has 5 nitrogen and oxygen atoms in total. The predicted molar refractivity (Wildman–Crippen MR) is 102 cm³/mol. The molecule has 8 heteroatoms. The standard InChI is InChI=1S/C17H13Cl2N3O2S/c1-25-12-4-2-3-11(7-12)22-15(23)8-24-17-13-5-10(18)6-14(19)16(13)20-9-21-17/h2-7,9H,8H2,1H3,(H,22,23). The van der Waals surface area contributed by atoms with Crippen LogP contribution in [-0.4, -0.2) is 28.7 Å². The molecule has 0 radical (unpaired) electrons. The first-order chi connectivity index (χ1) is 12.1. The topological polar surface area (TPSA) is 64.1 Å². The third kappa shape index (κ3) is 4.34. The third-order valence-corrected chi connectivity index (χ3v) is 4.55. The molecule has 0 aliphatic carbocycles. The molecule has 0 saturated carbocycles. The average Bonchev–Trinajstić information content (AvgIpc) is 2.60. The van der Waals surface area contributed by atoms with Gasteiger partial charge in [-0.25, -0.2) is 9.97 Å². The number of halogens is 2. The molecular formula is C17H13Cl2N3O2S. The number of benzene rings is 2. The number of rotatable bonds is 5. The van der Waals surface area contributed by atoms with E-state index < -0.39 is 0 Å². The van der Waals surface area contributed by atoms with Crippen LogP contribution in [-0.2, 0) is 4.79 Å². The van der Waals surface area contributed by atoms with Crippen LogP contribution in [0.1, 0.15) is 0 Å². The molecule has 1 amide bonds. The van der Waals surface area contributed by atoms with Crippen LogP contribution in [0.3, 0.4) is 0 Å². The maximum absolute atomic E-state index is 12.1. The van der Waals surface area contributed by atoms with Crippen molar-refractivity contribution in [2.75, 3.05) is 18.2 Å². The van der Waals surface area contributed by atoms with Crippen LogP contribution >= 0.6 is 35.0 Å². The zero-order valence-electron chi connectivity index (χ0n) is 13.1. The minimum Gasteiger partial charge on any atom is -0.467 e. The summed E-state index contributed by atoms with van der Waals surface area (Å²) >= 11 is 13.7. The Kier molecular flexibility index (Phi) is 5.63. The van der Waals surface area contributed by atoms with Gasteiger partial charge in [-0.1, -0.05) is 29.3 Å². The van der Waals surface area contributed by atoms with Gasteiger partial charge in [-0.05, 0) is 36.6 Å². The Morgan fingerprint density at radius 2 is 2.08 bits per heavy atom. The Balaban J connectivity index is 1.73. The zero-order valence-corrected chi connectivity index (χ0v) is 15.5. The fourth-order valence-electron chi connectivity index (χ4n) is 2.22. The molecule has 0 spiro atoms. The number of hydrogen-bond acceptors (Lipinski definition) is 5. The second kappa shape index (κ2) is 7.91. The molecule has 25 heavy (non-hydrogen) atoms. The number of carbonyl (C=O) groups excluding carboxylic acids is 1. The lowest BCUT2D eigenvalue weighted by Crippen LogP contribution is -2.20. The van der Waals surface area contributed by atoms with Gasteiger partial charge in [-0.15, -0.1) is 11.8 Å². The highest BCUT2D eigenvalue weighted by molar-refractivity contribution is 7.98. The fourth-order valence-corrected chi connectivity index (χ4v) is 3.22. The smallest absolute Gasteiger partial charge is 0.262 e. The molecule has 1 heterocycles. The van der Waals surface area contributed by atoms with E-state index in [1.807, 2.05) is 30.5 Å². The molecule has 0 unspecified atom stereocenters. The van der Waals surface area contributed by atoms with Gasteiger partial charge < -0.3 is 10.1 Å². The Labute approximate surface area is 158 Å². The van der Waals surface area contributed by atoms with Gasteiger partial charge in [0.1, 0.15) is 6.33 Å². The van der Waals surface area contributed by atoms with Crippen molar-refractivity contribution in [3.8, 4) is 5.88 Å². The van der Waals surface area contributed by atoms with Gasteiger partial charge in [-0.3, -0.25) is 4.79 Å². The molecule has 0 atom stereocenters. The van der Waals surface area contributed by atoms with Crippen LogP contribution in [0, 0.1) is 0 Å². The van der Waals surface area contributed by atoms with Crippen molar-refractivity contribution >= 4 is 57.5 Å². The summed E-state index contributed by atoms with van der Waals surface area (Å²) in [6.45, 7) is -0.195. The first-order valence-electron chi connectivity index (χ1n) is 7.23.